The van der Waals surface area contributed by atoms with Crippen molar-refractivity contribution in [1.29, 1.82) is 0 Å². The fraction of sp³-hybridized carbons (Fsp3) is 0.938. The van der Waals surface area contributed by atoms with Gasteiger partial charge in [-0.05, 0) is 71.4 Å². The number of amides is 1. The van der Waals surface area contributed by atoms with Gasteiger partial charge in [0.05, 0.1) is 0 Å². The fourth-order valence-electron chi connectivity index (χ4n) is 3.40. The third-order valence-electron chi connectivity index (χ3n) is 4.99. The molecule has 19 heavy (non-hydrogen) atoms. The summed E-state index contributed by atoms with van der Waals surface area (Å²) in [6.45, 7) is 8.96. The second-order valence-electron chi connectivity index (χ2n) is 6.87. The lowest BCUT2D eigenvalue weighted by Crippen LogP contribution is -2.46. The van der Waals surface area contributed by atoms with Crippen LogP contribution in [0.2, 0.25) is 0 Å². The van der Waals surface area contributed by atoms with E-state index in [9.17, 15) is 4.79 Å². The first-order chi connectivity index (χ1) is 9.06. The summed E-state index contributed by atoms with van der Waals surface area (Å²) in [5.41, 5.74) is 0. The van der Waals surface area contributed by atoms with Gasteiger partial charge in [-0.3, -0.25) is 4.79 Å². The van der Waals surface area contributed by atoms with Gasteiger partial charge in [0.25, 0.3) is 0 Å². The Bertz CT molecular complexity index is 287. The molecule has 0 aromatic rings. The summed E-state index contributed by atoms with van der Waals surface area (Å²) in [6, 6.07) is 1.07. The number of carbonyl (C=O) groups excluding carboxylic acids is 1. The minimum absolute atomic E-state index is 0.259. The van der Waals surface area contributed by atoms with Gasteiger partial charge in [0.15, 0.2) is 0 Å². The number of nitrogens with zero attached hydrogens (tertiary/aromatic N) is 1. The first kappa shape index (κ1) is 14.8. The van der Waals surface area contributed by atoms with E-state index < -0.39 is 0 Å². The third-order valence-corrected chi connectivity index (χ3v) is 4.99. The quantitative estimate of drug-likeness (QED) is 0.852. The highest BCUT2D eigenvalue weighted by molar-refractivity contribution is 5.79. The van der Waals surface area contributed by atoms with Crippen LogP contribution in [0.5, 0.6) is 0 Å². The summed E-state index contributed by atoms with van der Waals surface area (Å²) in [5.74, 6) is 1.43. The van der Waals surface area contributed by atoms with Crippen LogP contribution in [0.25, 0.3) is 0 Å². The number of rotatable bonds is 3. The lowest BCUT2D eigenvalue weighted by atomic mass is 9.86. The van der Waals surface area contributed by atoms with Crippen LogP contribution < -0.4 is 5.32 Å². The minimum atomic E-state index is 0.259. The molecule has 3 heteroatoms. The normalized spacial score (nSPS) is 30.5. The van der Waals surface area contributed by atoms with Gasteiger partial charge in [0.2, 0.25) is 5.91 Å². The Morgan fingerprint density at radius 2 is 1.63 bits per heavy atom. The van der Waals surface area contributed by atoms with E-state index in [4.69, 9.17) is 0 Å². The predicted octanol–water partition coefficient (Wildman–Crippen LogP) is 2.80. The summed E-state index contributed by atoms with van der Waals surface area (Å²) in [5, 5.41) is 3.30. The van der Waals surface area contributed by atoms with Gasteiger partial charge in [-0.1, -0.05) is 6.92 Å². The maximum absolute atomic E-state index is 12.3. The van der Waals surface area contributed by atoms with E-state index >= 15 is 0 Å². The van der Waals surface area contributed by atoms with Crippen molar-refractivity contribution >= 4 is 5.91 Å². The molecular formula is C16H30N2O. The summed E-state index contributed by atoms with van der Waals surface area (Å²) in [7, 11) is 0. The Kier molecular flexibility index (Phi) is 5.26. The van der Waals surface area contributed by atoms with E-state index in [1.165, 1.54) is 25.7 Å². The molecule has 2 fully saturated rings. The minimum Gasteiger partial charge on any atom is -0.353 e. The van der Waals surface area contributed by atoms with E-state index in [0.29, 0.717) is 18.0 Å². The van der Waals surface area contributed by atoms with Gasteiger partial charge in [-0.2, -0.15) is 0 Å². The Morgan fingerprint density at radius 3 is 2.16 bits per heavy atom. The van der Waals surface area contributed by atoms with Crippen LogP contribution in [0.3, 0.4) is 0 Å². The zero-order valence-electron chi connectivity index (χ0n) is 12.8. The number of hydrogen-bond acceptors (Lipinski definition) is 2. The molecule has 2 rings (SSSR count). The molecule has 0 radical (unpaired) electrons. The Balaban J connectivity index is 1.72. The molecule has 1 aliphatic carbocycles. The number of hydrogen-bond donors (Lipinski definition) is 1. The van der Waals surface area contributed by atoms with Crippen molar-refractivity contribution in [3.8, 4) is 0 Å². The summed E-state index contributed by atoms with van der Waals surface area (Å²) in [4.78, 5) is 14.8. The standard InChI is InChI=1S/C16H30N2O/c1-12(2)18-10-8-14(9-11-18)16(19)17-15-6-4-13(3)5-7-15/h12-15H,4-11H2,1-3H3,(H,17,19). The molecule has 1 N–H and O–H groups in total. The molecule has 0 atom stereocenters. The molecule has 1 saturated carbocycles. The van der Waals surface area contributed by atoms with Crippen molar-refractivity contribution in [2.45, 2.75) is 71.4 Å². The maximum atomic E-state index is 12.3. The molecule has 1 heterocycles. The van der Waals surface area contributed by atoms with Crippen molar-refractivity contribution in [2.75, 3.05) is 13.1 Å². The van der Waals surface area contributed by atoms with Crippen LogP contribution in [0.15, 0.2) is 0 Å². The molecule has 2 aliphatic rings. The zero-order valence-corrected chi connectivity index (χ0v) is 12.8. The lowest BCUT2D eigenvalue weighted by molar-refractivity contribution is -0.127. The molecule has 0 spiro atoms. The SMILES string of the molecule is CC1CCC(NC(=O)C2CCN(C(C)C)CC2)CC1. The predicted molar refractivity (Wildman–Crippen MR) is 79.0 cm³/mol. The van der Waals surface area contributed by atoms with E-state index in [1.54, 1.807) is 0 Å². The Hall–Kier alpha value is -0.570. The molecule has 1 aliphatic heterocycles. The number of nitrogens with one attached hydrogen (secondary N) is 1. The van der Waals surface area contributed by atoms with Gasteiger partial charge in [0.1, 0.15) is 0 Å². The van der Waals surface area contributed by atoms with Gasteiger partial charge >= 0.3 is 0 Å². The van der Waals surface area contributed by atoms with E-state index in [-0.39, 0.29) is 5.92 Å². The third kappa shape index (κ3) is 4.20. The first-order valence-corrected chi connectivity index (χ1v) is 8.10. The Labute approximate surface area is 118 Å². The average molecular weight is 266 g/mol. The summed E-state index contributed by atoms with van der Waals surface area (Å²) >= 11 is 0. The highest BCUT2D eigenvalue weighted by Crippen LogP contribution is 2.25. The van der Waals surface area contributed by atoms with Gasteiger partial charge in [-0.15, -0.1) is 0 Å². The molecular weight excluding hydrogens is 236 g/mol. The van der Waals surface area contributed by atoms with E-state index in [1.807, 2.05) is 0 Å². The van der Waals surface area contributed by atoms with Crippen molar-refractivity contribution in [2.24, 2.45) is 11.8 Å². The molecule has 0 aromatic heterocycles. The highest BCUT2D eigenvalue weighted by Gasteiger charge is 2.28. The van der Waals surface area contributed by atoms with Gasteiger partial charge < -0.3 is 10.2 Å². The summed E-state index contributed by atoms with van der Waals surface area (Å²) in [6.07, 6.45) is 6.98. The van der Waals surface area contributed by atoms with Crippen molar-refractivity contribution in [1.82, 2.24) is 10.2 Å². The monoisotopic (exact) mass is 266 g/mol. The fourth-order valence-corrected chi connectivity index (χ4v) is 3.40. The summed E-state index contributed by atoms with van der Waals surface area (Å²) < 4.78 is 0. The lowest BCUT2D eigenvalue weighted by Gasteiger charge is -2.35. The second kappa shape index (κ2) is 6.74. The van der Waals surface area contributed by atoms with Crippen LogP contribution in [0, 0.1) is 11.8 Å². The van der Waals surface area contributed by atoms with Crippen molar-refractivity contribution in [3.05, 3.63) is 0 Å². The van der Waals surface area contributed by atoms with Crippen LogP contribution in [-0.2, 0) is 4.79 Å². The largest absolute Gasteiger partial charge is 0.353 e. The van der Waals surface area contributed by atoms with Crippen LogP contribution >= 0.6 is 0 Å². The zero-order chi connectivity index (χ0) is 13.8. The number of carbonyl (C=O) groups is 1. The van der Waals surface area contributed by atoms with Crippen molar-refractivity contribution in [3.63, 3.8) is 0 Å². The molecule has 1 saturated heterocycles. The number of piperidine rings is 1. The van der Waals surface area contributed by atoms with Crippen LogP contribution in [0.1, 0.15) is 59.3 Å². The smallest absolute Gasteiger partial charge is 0.223 e. The van der Waals surface area contributed by atoms with Gasteiger partial charge in [-0.25, -0.2) is 0 Å². The molecule has 110 valence electrons. The molecule has 0 bridgehead atoms. The van der Waals surface area contributed by atoms with Crippen LogP contribution in [-0.4, -0.2) is 36.0 Å². The second-order valence-corrected chi connectivity index (χ2v) is 6.87. The number of likely N-dealkylation sites (tertiary alicyclic amines) is 1. The molecule has 0 aromatic carbocycles. The maximum Gasteiger partial charge on any atom is 0.223 e. The molecule has 1 amide bonds. The highest BCUT2D eigenvalue weighted by atomic mass is 16.1. The van der Waals surface area contributed by atoms with Crippen molar-refractivity contribution < 1.29 is 4.79 Å². The first-order valence-electron chi connectivity index (χ1n) is 8.10. The Morgan fingerprint density at radius 1 is 1.05 bits per heavy atom. The van der Waals surface area contributed by atoms with Gasteiger partial charge in [0, 0.05) is 18.0 Å². The van der Waals surface area contributed by atoms with Crippen LogP contribution in [0.4, 0.5) is 0 Å². The molecule has 0 unspecified atom stereocenters. The van der Waals surface area contributed by atoms with E-state index in [2.05, 4.69) is 31.0 Å². The average Bonchev–Trinajstić information content (AvgIpc) is 2.41. The topological polar surface area (TPSA) is 32.3 Å². The van der Waals surface area contributed by atoms with E-state index in [0.717, 1.165) is 31.8 Å². The molecule has 3 nitrogen and oxygen atoms in total.